The molecule has 8 nitrogen and oxygen atoms in total. The molecule has 0 spiro atoms. The van der Waals surface area contributed by atoms with E-state index in [4.69, 9.17) is 37.4 Å². The lowest BCUT2D eigenvalue weighted by Crippen LogP contribution is -2.43. The number of nitrogens with zero attached hydrogens (tertiary/aromatic N) is 1. The van der Waals surface area contributed by atoms with Crippen LogP contribution in [0.25, 0.3) is 0 Å². The van der Waals surface area contributed by atoms with Crippen molar-refractivity contribution in [1.82, 2.24) is 10.3 Å². The highest BCUT2D eigenvalue weighted by Crippen LogP contribution is 2.32. The van der Waals surface area contributed by atoms with Gasteiger partial charge in [0.1, 0.15) is 23.0 Å². The number of nitrogens with one attached hydrogen (secondary N) is 2. The summed E-state index contributed by atoms with van der Waals surface area (Å²) < 4.78 is 17.1. The lowest BCUT2D eigenvalue weighted by Gasteiger charge is -2.24. The van der Waals surface area contributed by atoms with Crippen molar-refractivity contribution in [3.8, 4) is 5.75 Å². The molecule has 1 aromatic heterocycles. The molecule has 35 heavy (non-hydrogen) atoms. The topological polar surface area (TPSA) is 98.8 Å². The van der Waals surface area contributed by atoms with Crippen LogP contribution in [0.5, 0.6) is 5.75 Å². The summed E-state index contributed by atoms with van der Waals surface area (Å²) >= 11 is 15.6. The molecule has 1 aromatic carbocycles. The molecule has 0 fully saturated rings. The van der Waals surface area contributed by atoms with Crippen molar-refractivity contribution in [2.75, 3.05) is 11.9 Å². The first kappa shape index (κ1) is 29.0. The van der Waals surface area contributed by atoms with Crippen LogP contribution in [0.3, 0.4) is 0 Å². The Labute approximate surface area is 224 Å². The van der Waals surface area contributed by atoms with E-state index >= 15 is 0 Å². The molecular weight excluding hydrogens is 561 g/mol. The number of rotatable bonds is 7. The molecule has 2 aromatic rings. The predicted molar refractivity (Wildman–Crippen MR) is 141 cm³/mol. The van der Waals surface area contributed by atoms with Gasteiger partial charge in [-0.2, -0.15) is 0 Å². The summed E-state index contributed by atoms with van der Waals surface area (Å²) in [6.45, 7) is 10.6. The van der Waals surface area contributed by atoms with E-state index in [0.717, 1.165) is 5.56 Å². The molecule has 0 aliphatic carbocycles. The van der Waals surface area contributed by atoms with Crippen molar-refractivity contribution in [2.24, 2.45) is 0 Å². The highest BCUT2D eigenvalue weighted by Gasteiger charge is 2.23. The number of amides is 2. The van der Waals surface area contributed by atoms with Crippen LogP contribution in [0.2, 0.25) is 10.2 Å². The fraction of sp³-hybridized carbons (Fsp3) is 0.458. The summed E-state index contributed by atoms with van der Waals surface area (Å²) in [6.07, 6.45) is -0.886. The van der Waals surface area contributed by atoms with E-state index in [1.54, 1.807) is 59.7 Å². The van der Waals surface area contributed by atoms with E-state index in [9.17, 15) is 9.59 Å². The van der Waals surface area contributed by atoms with Gasteiger partial charge >= 0.3 is 12.2 Å². The number of anilines is 1. The van der Waals surface area contributed by atoms with E-state index in [1.165, 1.54) is 0 Å². The molecule has 0 unspecified atom stereocenters. The Morgan fingerprint density at radius 1 is 1.03 bits per heavy atom. The Morgan fingerprint density at radius 3 is 2.26 bits per heavy atom. The zero-order valence-electron chi connectivity index (χ0n) is 20.5. The third-order valence-corrected chi connectivity index (χ3v) is 5.41. The molecule has 0 saturated heterocycles. The number of hydrogen-bond acceptors (Lipinski definition) is 6. The molecule has 2 N–H and O–H groups in total. The standard InChI is InChI=1S/C24H30BrCl2N3O5/c1-23(2,3)34-21(31)28-16(11-14-8-7-9-15(26)10-14)13-33-18-12-17(25)19(27)29-20(18)30-22(32)35-24(4,5)6/h7-10,12,16H,11,13H2,1-6H3,(H,28,31)(H,29,30,32)/t16-/m0/s1. The fourth-order valence-electron chi connectivity index (χ4n) is 2.81. The molecule has 2 amide bonds. The minimum absolute atomic E-state index is 0.0322. The van der Waals surface area contributed by atoms with Gasteiger partial charge in [-0.15, -0.1) is 0 Å². The molecule has 0 saturated carbocycles. The van der Waals surface area contributed by atoms with Crippen LogP contribution in [-0.2, 0) is 15.9 Å². The predicted octanol–water partition coefficient (Wildman–Crippen LogP) is 7.01. The summed E-state index contributed by atoms with van der Waals surface area (Å²) in [5.41, 5.74) is -0.477. The first-order valence-electron chi connectivity index (χ1n) is 10.8. The maximum atomic E-state index is 12.5. The zero-order valence-corrected chi connectivity index (χ0v) is 23.6. The third-order valence-electron chi connectivity index (χ3n) is 4.05. The maximum absolute atomic E-state index is 12.5. The van der Waals surface area contributed by atoms with E-state index < -0.39 is 29.4 Å². The number of halogens is 3. The Bertz CT molecular complexity index is 1050. The summed E-state index contributed by atoms with van der Waals surface area (Å²) in [5, 5.41) is 6.09. The van der Waals surface area contributed by atoms with Crippen LogP contribution in [0.1, 0.15) is 47.1 Å². The second-order valence-electron chi connectivity index (χ2n) is 9.72. The van der Waals surface area contributed by atoms with Crippen LogP contribution in [0, 0.1) is 0 Å². The number of aromatic nitrogens is 1. The van der Waals surface area contributed by atoms with Gasteiger partial charge in [0.25, 0.3) is 0 Å². The van der Waals surface area contributed by atoms with Crippen molar-refractivity contribution >= 4 is 57.1 Å². The maximum Gasteiger partial charge on any atom is 0.413 e. The number of carbonyl (C=O) groups excluding carboxylic acids is 2. The minimum Gasteiger partial charge on any atom is -0.487 e. The monoisotopic (exact) mass is 589 g/mol. The first-order chi connectivity index (χ1) is 16.1. The van der Waals surface area contributed by atoms with E-state index in [-0.39, 0.29) is 23.3 Å². The van der Waals surface area contributed by atoms with Gasteiger partial charge in [0.2, 0.25) is 0 Å². The molecule has 1 heterocycles. The van der Waals surface area contributed by atoms with Crippen LogP contribution in [0.4, 0.5) is 15.4 Å². The molecule has 0 radical (unpaired) electrons. The van der Waals surface area contributed by atoms with Gasteiger partial charge in [0.15, 0.2) is 11.6 Å². The number of benzene rings is 1. The number of ether oxygens (including phenoxy) is 3. The summed E-state index contributed by atoms with van der Waals surface area (Å²) in [5.74, 6) is 0.306. The normalized spacial score (nSPS) is 12.5. The molecule has 0 aliphatic rings. The lowest BCUT2D eigenvalue weighted by atomic mass is 10.1. The summed E-state index contributed by atoms with van der Waals surface area (Å²) in [6, 6.07) is 8.38. The second kappa shape index (κ2) is 12.1. The Hall–Kier alpha value is -2.23. The number of carbonyl (C=O) groups is 2. The van der Waals surface area contributed by atoms with Crippen molar-refractivity contribution in [2.45, 2.75) is 65.2 Å². The summed E-state index contributed by atoms with van der Waals surface area (Å²) in [4.78, 5) is 28.9. The van der Waals surface area contributed by atoms with Gasteiger partial charge < -0.3 is 19.5 Å². The molecular formula is C24H30BrCl2N3O5. The van der Waals surface area contributed by atoms with Gasteiger partial charge in [0.05, 0.1) is 10.5 Å². The largest absolute Gasteiger partial charge is 0.487 e. The van der Waals surface area contributed by atoms with Crippen LogP contribution in [-0.4, -0.2) is 41.0 Å². The third kappa shape index (κ3) is 10.9. The smallest absolute Gasteiger partial charge is 0.413 e. The Balaban J connectivity index is 2.23. The van der Waals surface area contributed by atoms with Gasteiger partial charge in [-0.1, -0.05) is 35.3 Å². The van der Waals surface area contributed by atoms with E-state index in [0.29, 0.717) is 15.9 Å². The van der Waals surface area contributed by atoms with Gasteiger partial charge in [0, 0.05) is 11.1 Å². The SMILES string of the molecule is CC(C)(C)OC(=O)Nc1nc(Cl)c(Br)cc1OC[C@H](Cc1cccc(Cl)c1)NC(=O)OC(C)(C)C. The van der Waals surface area contributed by atoms with Crippen molar-refractivity contribution in [3.63, 3.8) is 0 Å². The molecule has 1 atom stereocenters. The van der Waals surface area contributed by atoms with E-state index in [2.05, 4.69) is 31.5 Å². The Morgan fingerprint density at radius 2 is 1.66 bits per heavy atom. The van der Waals surface area contributed by atoms with Crippen molar-refractivity contribution in [1.29, 1.82) is 0 Å². The molecule has 0 aliphatic heterocycles. The van der Waals surface area contributed by atoms with Crippen LogP contribution < -0.4 is 15.4 Å². The number of pyridine rings is 1. The molecule has 192 valence electrons. The Kier molecular flexibility index (Phi) is 10.1. The quantitative estimate of drug-likeness (QED) is 0.336. The molecule has 11 heteroatoms. The second-order valence-corrected chi connectivity index (χ2v) is 11.4. The van der Waals surface area contributed by atoms with Crippen LogP contribution in [0.15, 0.2) is 34.8 Å². The van der Waals surface area contributed by atoms with Gasteiger partial charge in [-0.05, 0) is 81.6 Å². The minimum atomic E-state index is -0.712. The fourth-order valence-corrected chi connectivity index (χ4v) is 3.46. The van der Waals surface area contributed by atoms with E-state index in [1.807, 2.05) is 12.1 Å². The van der Waals surface area contributed by atoms with Crippen molar-refractivity contribution in [3.05, 3.63) is 50.5 Å². The molecule has 2 rings (SSSR count). The average molecular weight is 591 g/mol. The highest BCUT2D eigenvalue weighted by molar-refractivity contribution is 9.10. The zero-order chi connectivity index (χ0) is 26.4. The number of alkyl carbamates (subject to hydrolysis) is 1. The van der Waals surface area contributed by atoms with Gasteiger partial charge in [-0.25, -0.2) is 14.6 Å². The first-order valence-corrected chi connectivity index (χ1v) is 12.4. The summed E-state index contributed by atoms with van der Waals surface area (Å²) in [7, 11) is 0. The average Bonchev–Trinajstić information content (AvgIpc) is 2.66. The van der Waals surface area contributed by atoms with Crippen LogP contribution >= 0.6 is 39.1 Å². The van der Waals surface area contributed by atoms with Crippen molar-refractivity contribution < 1.29 is 23.8 Å². The number of hydrogen-bond donors (Lipinski definition) is 2. The highest BCUT2D eigenvalue weighted by atomic mass is 79.9. The van der Waals surface area contributed by atoms with Gasteiger partial charge in [-0.3, -0.25) is 5.32 Å². The molecule has 0 bridgehead atoms. The lowest BCUT2D eigenvalue weighted by molar-refractivity contribution is 0.0487.